The lowest BCUT2D eigenvalue weighted by Crippen LogP contribution is -2.46. The molecule has 2 aromatic rings. The van der Waals surface area contributed by atoms with Crippen LogP contribution in [0.3, 0.4) is 0 Å². The van der Waals surface area contributed by atoms with Gasteiger partial charge in [-0.05, 0) is 42.0 Å². The van der Waals surface area contributed by atoms with Gasteiger partial charge in [0.1, 0.15) is 5.75 Å². The van der Waals surface area contributed by atoms with Crippen LogP contribution in [0.5, 0.6) is 5.75 Å². The summed E-state index contributed by atoms with van der Waals surface area (Å²) in [5.41, 5.74) is 2.99. The van der Waals surface area contributed by atoms with Crippen LogP contribution in [-0.2, 0) is 11.2 Å². The van der Waals surface area contributed by atoms with Gasteiger partial charge in [0.2, 0.25) is 0 Å². The number of hydrogen-bond donors (Lipinski definition) is 0. The fourth-order valence-electron chi connectivity index (χ4n) is 3.14. The van der Waals surface area contributed by atoms with Crippen molar-refractivity contribution < 1.29 is 14.3 Å². The minimum Gasteiger partial charge on any atom is -0.497 e. The smallest absolute Gasteiger partial charge is 0.254 e. The molecule has 0 aromatic heterocycles. The van der Waals surface area contributed by atoms with Gasteiger partial charge >= 0.3 is 0 Å². The Hall–Kier alpha value is -2.53. The monoisotopic (exact) mass is 354 g/mol. The van der Waals surface area contributed by atoms with E-state index in [0.717, 1.165) is 23.4 Å². The molecule has 0 N–H and O–H groups in total. The maximum absolute atomic E-state index is 12.8. The number of ether oxygens (including phenoxy) is 2. The van der Waals surface area contributed by atoms with E-state index in [4.69, 9.17) is 9.47 Å². The first-order chi connectivity index (χ1) is 12.6. The minimum atomic E-state index is 0.0159. The van der Waals surface area contributed by atoms with Gasteiger partial charge in [0.25, 0.3) is 5.91 Å². The molecule has 1 amide bonds. The predicted molar refractivity (Wildman–Crippen MR) is 103 cm³/mol. The Morgan fingerprint density at radius 2 is 1.85 bits per heavy atom. The molecule has 0 spiro atoms. The highest BCUT2D eigenvalue weighted by molar-refractivity contribution is 5.94. The summed E-state index contributed by atoms with van der Waals surface area (Å²) in [5, 5.41) is 0. The summed E-state index contributed by atoms with van der Waals surface area (Å²) in [6.07, 6.45) is 0.801. The van der Waals surface area contributed by atoms with Crippen LogP contribution in [-0.4, -0.2) is 57.8 Å². The lowest BCUT2D eigenvalue weighted by Gasteiger charge is -2.33. The van der Waals surface area contributed by atoms with Crippen molar-refractivity contribution >= 4 is 11.6 Å². The Labute approximate surface area is 155 Å². The normalized spacial score (nSPS) is 17.0. The lowest BCUT2D eigenvalue weighted by molar-refractivity contribution is -0.0208. The third-order valence-corrected chi connectivity index (χ3v) is 4.68. The third kappa shape index (κ3) is 4.35. The van der Waals surface area contributed by atoms with E-state index in [1.54, 1.807) is 7.11 Å². The maximum Gasteiger partial charge on any atom is 0.254 e. The second-order valence-electron chi connectivity index (χ2n) is 6.74. The SMILES string of the molecule is COc1ccc(C[C@H]2CN(C(=O)c3ccc(N(C)C)cc3)CCO2)cc1. The first kappa shape index (κ1) is 18.3. The Morgan fingerprint density at radius 3 is 2.46 bits per heavy atom. The number of methoxy groups -OCH3 is 1. The summed E-state index contributed by atoms with van der Waals surface area (Å²) in [4.78, 5) is 16.7. The van der Waals surface area contributed by atoms with E-state index in [1.807, 2.05) is 72.4 Å². The van der Waals surface area contributed by atoms with Crippen LogP contribution in [0.15, 0.2) is 48.5 Å². The van der Waals surface area contributed by atoms with E-state index in [9.17, 15) is 4.79 Å². The number of benzene rings is 2. The Bertz CT molecular complexity index is 726. The number of rotatable bonds is 5. The zero-order valence-electron chi connectivity index (χ0n) is 15.6. The molecule has 1 heterocycles. The molecule has 1 aliphatic heterocycles. The van der Waals surface area contributed by atoms with Crippen LogP contribution in [0.4, 0.5) is 5.69 Å². The zero-order chi connectivity index (χ0) is 18.5. The fourth-order valence-corrected chi connectivity index (χ4v) is 3.14. The van der Waals surface area contributed by atoms with E-state index < -0.39 is 0 Å². The average molecular weight is 354 g/mol. The van der Waals surface area contributed by atoms with Gasteiger partial charge in [0.05, 0.1) is 19.8 Å². The molecule has 1 saturated heterocycles. The summed E-state index contributed by atoms with van der Waals surface area (Å²) >= 11 is 0. The van der Waals surface area contributed by atoms with Crippen molar-refractivity contribution in [1.82, 2.24) is 4.90 Å². The van der Waals surface area contributed by atoms with Crippen LogP contribution in [0, 0.1) is 0 Å². The van der Waals surface area contributed by atoms with E-state index >= 15 is 0 Å². The van der Waals surface area contributed by atoms with Crippen molar-refractivity contribution in [2.45, 2.75) is 12.5 Å². The fraction of sp³-hybridized carbons (Fsp3) is 0.381. The number of anilines is 1. The summed E-state index contributed by atoms with van der Waals surface area (Å²) < 4.78 is 11.1. The van der Waals surface area contributed by atoms with E-state index in [2.05, 4.69) is 0 Å². The van der Waals surface area contributed by atoms with Gasteiger partial charge in [-0.3, -0.25) is 4.79 Å². The molecule has 1 aliphatic rings. The lowest BCUT2D eigenvalue weighted by atomic mass is 10.1. The van der Waals surface area contributed by atoms with Gasteiger partial charge in [-0.1, -0.05) is 12.1 Å². The molecular formula is C21H26N2O3. The van der Waals surface area contributed by atoms with Crippen LogP contribution in [0.1, 0.15) is 15.9 Å². The third-order valence-electron chi connectivity index (χ3n) is 4.68. The maximum atomic E-state index is 12.8. The number of amides is 1. The zero-order valence-corrected chi connectivity index (χ0v) is 15.6. The van der Waals surface area contributed by atoms with Gasteiger partial charge in [0.15, 0.2) is 0 Å². The van der Waals surface area contributed by atoms with Crippen molar-refractivity contribution in [1.29, 1.82) is 0 Å². The molecule has 0 saturated carbocycles. The molecule has 5 nitrogen and oxygen atoms in total. The van der Waals surface area contributed by atoms with Crippen LogP contribution >= 0.6 is 0 Å². The van der Waals surface area contributed by atoms with Gasteiger partial charge in [0, 0.05) is 44.9 Å². The summed E-state index contributed by atoms with van der Waals surface area (Å²) in [6.45, 7) is 1.82. The van der Waals surface area contributed by atoms with Gasteiger partial charge in [-0.25, -0.2) is 0 Å². The topological polar surface area (TPSA) is 42.0 Å². The van der Waals surface area contributed by atoms with Crippen molar-refractivity contribution in [3.8, 4) is 5.75 Å². The molecule has 0 unspecified atom stereocenters. The van der Waals surface area contributed by atoms with Gasteiger partial charge in [-0.2, -0.15) is 0 Å². The molecule has 2 aromatic carbocycles. The Kier molecular flexibility index (Phi) is 5.78. The van der Waals surface area contributed by atoms with E-state index in [-0.39, 0.29) is 12.0 Å². The second kappa shape index (κ2) is 8.23. The number of carbonyl (C=O) groups excluding carboxylic acids is 1. The van der Waals surface area contributed by atoms with Gasteiger partial charge < -0.3 is 19.3 Å². The molecule has 5 heteroatoms. The van der Waals surface area contributed by atoms with E-state index in [1.165, 1.54) is 5.56 Å². The highest BCUT2D eigenvalue weighted by Gasteiger charge is 2.25. The molecule has 0 radical (unpaired) electrons. The summed E-state index contributed by atoms with van der Waals surface area (Å²) in [5.74, 6) is 0.912. The van der Waals surface area contributed by atoms with Crippen molar-refractivity contribution in [2.75, 3.05) is 45.8 Å². The molecular weight excluding hydrogens is 328 g/mol. The number of hydrogen-bond acceptors (Lipinski definition) is 4. The van der Waals surface area contributed by atoms with Crippen molar-refractivity contribution in [2.24, 2.45) is 0 Å². The average Bonchev–Trinajstić information content (AvgIpc) is 2.68. The Balaban J connectivity index is 1.62. The first-order valence-electron chi connectivity index (χ1n) is 8.88. The van der Waals surface area contributed by atoms with Crippen LogP contribution < -0.4 is 9.64 Å². The van der Waals surface area contributed by atoms with Crippen molar-refractivity contribution in [3.05, 3.63) is 59.7 Å². The predicted octanol–water partition coefficient (Wildman–Crippen LogP) is 2.84. The molecule has 1 atom stereocenters. The highest BCUT2D eigenvalue weighted by atomic mass is 16.5. The molecule has 1 fully saturated rings. The molecule has 0 aliphatic carbocycles. The van der Waals surface area contributed by atoms with Crippen molar-refractivity contribution in [3.63, 3.8) is 0 Å². The molecule has 0 bridgehead atoms. The van der Waals surface area contributed by atoms with Crippen LogP contribution in [0.25, 0.3) is 0 Å². The summed E-state index contributed by atoms with van der Waals surface area (Å²) in [7, 11) is 5.64. The number of morpholine rings is 1. The molecule has 26 heavy (non-hydrogen) atoms. The molecule has 138 valence electrons. The second-order valence-corrected chi connectivity index (χ2v) is 6.74. The van der Waals surface area contributed by atoms with Gasteiger partial charge in [-0.15, -0.1) is 0 Å². The summed E-state index contributed by atoms with van der Waals surface area (Å²) in [6, 6.07) is 15.7. The number of carbonyl (C=O) groups is 1. The van der Waals surface area contributed by atoms with Crippen LogP contribution in [0.2, 0.25) is 0 Å². The number of nitrogens with zero attached hydrogens (tertiary/aromatic N) is 2. The minimum absolute atomic E-state index is 0.0159. The first-order valence-corrected chi connectivity index (χ1v) is 8.88. The quantitative estimate of drug-likeness (QED) is 0.828. The standard InChI is InChI=1S/C21H26N2O3/c1-22(2)18-8-6-17(7-9-18)21(24)23-12-13-26-20(15-23)14-16-4-10-19(25-3)11-5-16/h4-11,20H,12-15H2,1-3H3/t20-/m0/s1. The largest absolute Gasteiger partial charge is 0.497 e. The Morgan fingerprint density at radius 1 is 1.15 bits per heavy atom. The highest BCUT2D eigenvalue weighted by Crippen LogP contribution is 2.18. The van der Waals surface area contributed by atoms with E-state index in [0.29, 0.717) is 19.7 Å². The molecule has 3 rings (SSSR count).